The van der Waals surface area contributed by atoms with E-state index in [0.29, 0.717) is 17.5 Å². The number of hydrogen-bond donors (Lipinski definition) is 3. The van der Waals surface area contributed by atoms with Crippen LogP contribution in [0.1, 0.15) is 25.0 Å². The van der Waals surface area contributed by atoms with E-state index in [1.54, 1.807) is 31.2 Å². The van der Waals surface area contributed by atoms with Crippen molar-refractivity contribution in [3.05, 3.63) is 53.6 Å². The van der Waals surface area contributed by atoms with Gasteiger partial charge in [0.15, 0.2) is 11.2 Å². The van der Waals surface area contributed by atoms with Crippen molar-refractivity contribution in [3.63, 3.8) is 0 Å². The molecule has 6 nitrogen and oxygen atoms in total. The number of carbonyl (C=O) groups is 1. The van der Waals surface area contributed by atoms with Gasteiger partial charge in [-0.2, -0.15) is 0 Å². The summed E-state index contributed by atoms with van der Waals surface area (Å²) in [6, 6.07) is 13.0. The third-order valence-corrected chi connectivity index (χ3v) is 4.17. The van der Waals surface area contributed by atoms with E-state index >= 15 is 0 Å². The first-order valence-corrected chi connectivity index (χ1v) is 9.14. The summed E-state index contributed by atoms with van der Waals surface area (Å²) in [6.45, 7) is 8.21. The Morgan fingerprint density at radius 1 is 1.07 bits per heavy atom. The number of aryl methyl sites for hydroxylation is 1. The van der Waals surface area contributed by atoms with Crippen LogP contribution in [0.4, 0.5) is 5.69 Å². The van der Waals surface area contributed by atoms with Gasteiger partial charge >= 0.3 is 0 Å². The smallest absolute Gasteiger partial charge is 0.279 e. The second kappa shape index (κ2) is 9.78. The molecule has 2 rings (SSSR count). The van der Waals surface area contributed by atoms with Gasteiger partial charge in [-0.05, 0) is 81.4 Å². The molecule has 144 valence electrons. The van der Waals surface area contributed by atoms with Crippen LogP contribution in [0.5, 0.6) is 11.5 Å². The number of anilines is 1. The molecule has 0 aliphatic carbocycles. The summed E-state index contributed by atoms with van der Waals surface area (Å²) in [4.78, 5) is 12.2. The van der Waals surface area contributed by atoms with Crippen LogP contribution < -0.4 is 25.6 Å². The molecule has 0 radical (unpaired) electrons. The standard InChI is InChI=1S/C20H25N3O3S/c1-5-25-16-9-11-17(12-10-16)26-15(4)19(24)22-23-20(27)21-18-8-6-7-13(2)14(18)3/h6-12,15H,5H2,1-4H3,(H,22,24)(H2,21,23,27)/t15-/m1/s1. The number of amides is 1. The van der Waals surface area contributed by atoms with Crippen LogP contribution in [-0.2, 0) is 4.79 Å². The van der Waals surface area contributed by atoms with Gasteiger partial charge in [-0.15, -0.1) is 0 Å². The Balaban J connectivity index is 1.81. The van der Waals surface area contributed by atoms with E-state index < -0.39 is 6.10 Å². The fourth-order valence-corrected chi connectivity index (χ4v) is 2.46. The van der Waals surface area contributed by atoms with Crippen LogP contribution in [-0.4, -0.2) is 23.7 Å². The number of benzene rings is 2. The number of hydrogen-bond acceptors (Lipinski definition) is 4. The minimum atomic E-state index is -0.695. The summed E-state index contributed by atoms with van der Waals surface area (Å²) in [5.74, 6) is 0.998. The molecule has 0 heterocycles. The number of hydrazine groups is 1. The molecular formula is C20H25N3O3S. The van der Waals surface area contributed by atoms with Crippen molar-refractivity contribution in [2.75, 3.05) is 11.9 Å². The summed E-state index contributed by atoms with van der Waals surface area (Å²) in [5.41, 5.74) is 8.38. The molecule has 0 aromatic heterocycles. The Kier molecular flexibility index (Phi) is 7.43. The lowest BCUT2D eigenvalue weighted by atomic mass is 10.1. The number of carbonyl (C=O) groups excluding carboxylic acids is 1. The van der Waals surface area contributed by atoms with E-state index in [2.05, 4.69) is 16.2 Å². The zero-order valence-corrected chi connectivity index (χ0v) is 16.8. The van der Waals surface area contributed by atoms with Crippen molar-refractivity contribution < 1.29 is 14.3 Å². The molecule has 1 amide bonds. The lowest BCUT2D eigenvalue weighted by Gasteiger charge is -2.17. The molecular weight excluding hydrogens is 362 g/mol. The predicted octanol–water partition coefficient (Wildman–Crippen LogP) is 3.49. The molecule has 0 fully saturated rings. The average molecular weight is 388 g/mol. The normalized spacial score (nSPS) is 11.3. The highest BCUT2D eigenvalue weighted by Crippen LogP contribution is 2.19. The van der Waals surface area contributed by atoms with E-state index in [1.807, 2.05) is 39.0 Å². The Bertz CT molecular complexity index is 794. The zero-order valence-electron chi connectivity index (χ0n) is 16.0. The summed E-state index contributed by atoms with van der Waals surface area (Å²) in [5, 5.41) is 3.36. The SMILES string of the molecule is CCOc1ccc(O[C@H](C)C(=O)NNC(=S)Nc2cccc(C)c2C)cc1. The van der Waals surface area contributed by atoms with Crippen molar-refractivity contribution in [1.29, 1.82) is 0 Å². The van der Waals surface area contributed by atoms with Crippen LogP contribution in [0.15, 0.2) is 42.5 Å². The van der Waals surface area contributed by atoms with Gasteiger partial charge in [-0.3, -0.25) is 15.6 Å². The molecule has 0 spiro atoms. The van der Waals surface area contributed by atoms with Crippen LogP contribution in [0, 0.1) is 13.8 Å². The minimum Gasteiger partial charge on any atom is -0.494 e. The first kappa shape index (κ1) is 20.5. The van der Waals surface area contributed by atoms with Crippen LogP contribution in [0.3, 0.4) is 0 Å². The van der Waals surface area contributed by atoms with Gasteiger partial charge in [0.1, 0.15) is 11.5 Å². The van der Waals surface area contributed by atoms with Crippen molar-refractivity contribution in [3.8, 4) is 11.5 Å². The predicted molar refractivity (Wildman–Crippen MR) is 111 cm³/mol. The molecule has 0 aliphatic heterocycles. The highest BCUT2D eigenvalue weighted by Gasteiger charge is 2.15. The summed E-state index contributed by atoms with van der Waals surface area (Å²) in [7, 11) is 0. The first-order valence-electron chi connectivity index (χ1n) is 8.73. The third kappa shape index (κ3) is 6.14. The molecule has 7 heteroatoms. The summed E-state index contributed by atoms with van der Waals surface area (Å²) >= 11 is 5.22. The molecule has 0 bridgehead atoms. The fourth-order valence-electron chi connectivity index (χ4n) is 2.30. The highest BCUT2D eigenvalue weighted by atomic mass is 32.1. The molecule has 0 aliphatic rings. The quantitative estimate of drug-likeness (QED) is 0.521. The van der Waals surface area contributed by atoms with Gasteiger partial charge in [0, 0.05) is 5.69 Å². The van der Waals surface area contributed by atoms with Crippen molar-refractivity contribution >= 4 is 28.9 Å². The molecule has 2 aromatic rings. The average Bonchev–Trinajstić information content (AvgIpc) is 2.65. The van der Waals surface area contributed by atoms with Crippen LogP contribution >= 0.6 is 12.2 Å². The molecule has 0 saturated carbocycles. The molecule has 1 atom stereocenters. The van der Waals surface area contributed by atoms with E-state index in [0.717, 1.165) is 22.6 Å². The van der Waals surface area contributed by atoms with Gasteiger partial charge < -0.3 is 14.8 Å². The van der Waals surface area contributed by atoms with E-state index in [9.17, 15) is 4.79 Å². The van der Waals surface area contributed by atoms with Gasteiger partial charge in [0.2, 0.25) is 0 Å². The fraction of sp³-hybridized carbons (Fsp3) is 0.300. The molecule has 27 heavy (non-hydrogen) atoms. The Hall–Kier alpha value is -2.80. The number of rotatable bonds is 6. The van der Waals surface area contributed by atoms with Crippen molar-refractivity contribution in [2.24, 2.45) is 0 Å². The van der Waals surface area contributed by atoms with E-state index in [4.69, 9.17) is 21.7 Å². The minimum absolute atomic E-state index is 0.297. The maximum Gasteiger partial charge on any atom is 0.279 e. The van der Waals surface area contributed by atoms with Gasteiger partial charge in [0.05, 0.1) is 6.61 Å². The summed E-state index contributed by atoms with van der Waals surface area (Å²) in [6.07, 6.45) is -0.695. The second-order valence-electron chi connectivity index (χ2n) is 5.98. The van der Waals surface area contributed by atoms with Crippen molar-refractivity contribution in [2.45, 2.75) is 33.8 Å². The van der Waals surface area contributed by atoms with Crippen molar-refractivity contribution in [1.82, 2.24) is 10.9 Å². The third-order valence-electron chi connectivity index (χ3n) is 3.97. The maximum atomic E-state index is 12.2. The van der Waals surface area contributed by atoms with Crippen LogP contribution in [0.2, 0.25) is 0 Å². The van der Waals surface area contributed by atoms with Gasteiger partial charge in [-0.1, -0.05) is 12.1 Å². The first-order chi connectivity index (χ1) is 12.9. The Labute approximate surface area is 165 Å². The maximum absolute atomic E-state index is 12.2. The monoisotopic (exact) mass is 387 g/mol. The molecule has 3 N–H and O–H groups in total. The summed E-state index contributed by atoms with van der Waals surface area (Å²) < 4.78 is 11.0. The zero-order chi connectivity index (χ0) is 19.8. The number of nitrogens with one attached hydrogen (secondary N) is 3. The van der Waals surface area contributed by atoms with E-state index in [1.165, 1.54) is 0 Å². The Morgan fingerprint density at radius 3 is 2.41 bits per heavy atom. The molecule has 0 unspecified atom stereocenters. The molecule has 0 saturated heterocycles. The number of thiocarbonyl (C=S) groups is 1. The van der Waals surface area contributed by atoms with Gasteiger partial charge in [0.25, 0.3) is 5.91 Å². The topological polar surface area (TPSA) is 71.6 Å². The lowest BCUT2D eigenvalue weighted by Crippen LogP contribution is -2.48. The molecule has 2 aromatic carbocycles. The number of ether oxygens (including phenoxy) is 2. The lowest BCUT2D eigenvalue weighted by molar-refractivity contribution is -0.127. The largest absolute Gasteiger partial charge is 0.494 e. The van der Waals surface area contributed by atoms with E-state index in [-0.39, 0.29) is 5.91 Å². The second-order valence-corrected chi connectivity index (χ2v) is 6.39. The van der Waals surface area contributed by atoms with Crippen LogP contribution in [0.25, 0.3) is 0 Å². The highest BCUT2D eigenvalue weighted by molar-refractivity contribution is 7.80. The van der Waals surface area contributed by atoms with Gasteiger partial charge in [-0.25, -0.2) is 0 Å². The Morgan fingerprint density at radius 2 is 1.74 bits per heavy atom.